The largest absolute Gasteiger partial charge is 0.497 e. The van der Waals surface area contributed by atoms with Crippen LogP contribution in [0.1, 0.15) is 22.3 Å². The predicted octanol–water partition coefficient (Wildman–Crippen LogP) is 6.12. The number of rotatable bonds is 2. The maximum Gasteiger partial charge on any atom is 0.118 e. The maximum absolute atomic E-state index is 5.28. The quantitative estimate of drug-likeness (QED) is 0.383. The fourth-order valence-electron chi connectivity index (χ4n) is 3.78. The summed E-state index contributed by atoms with van der Waals surface area (Å²) in [6, 6.07) is 25.4. The van der Waals surface area contributed by atoms with Gasteiger partial charge in [0.2, 0.25) is 0 Å². The van der Waals surface area contributed by atoms with Crippen molar-refractivity contribution in [2.45, 2.75) is 6.92 Å². The topological polar surface area (TPSA) is 22.1 Å². The molecule has 4 aromatic rings. The highest BCUT2D eigenvalue weighted by Crippen LogP contribution is 2.45. The molecule has 0 fully saturated rings. The molecular weight excluding hydrogens is 330 g/mol. The monoisotopic (exact) mass is 349 g/mol. The van der Waals surface area contributed by atoms with Gasteiger partial charge < -0.3 is 4.74 Å². The Balaban J connectivity index is 1.76. The third kappa shape index (κ3) is 2.61. The molecule has 1 heterocycles. The molecule has 0 radical (unpaired) electrons. The van der Waals surface area contributed by atoms with E-state index in [2.05, 4.69) is 67.6 Å². The molecule has 0 atom stereocenters. The first-order chi connectivity index (χ1) is 13.2. The minimum atomic E-state index is 0.868. The normalized spacial score (nSPS) is 13.6. The van der Waals surface area contributed by atoms with Crippen LogP contribution < -0.4 is 4.74 Å². The number of methoxy groups -OCH3 is 1. The molecule has 130 valence electrons. The Hall–Kier alpha value is -3.39. The fourth-order valence-corrected chi connectivity index (χ4v) is 3.78. The number of hydrogen-bond donors (Lipinski definition) is 0. The zero-order valence-corrected chi connectivity index (χ0v) is 15.4. The van der Waals surface area contributed by atoms with Crippen LogP contribution in [-0.4, -0.2) is 12.1 Å². The number of aryl methyl sites for hydroxylation is 1. The predicted molar refractivity (Wildman–Crippen MR) is 112 cm³/mol. The van der Waals surface area contributed by atoms with E-state index < -0.39 is 0 Å². The van der Waals surface area contributed by atoms with E-state index in [0.29, 0.717) is 0 Å². The number of fused-ring (bicyclic) bond motifs is 4. The van der Waals surface area contributed by atoms with Gasteiger partial charge in [0.05, 0.1) is 18.3 Å². The average molecular weight is 349 g/mol. The fraction of sp³-hybridized carbons (Fsp3) is 0.0800. The summed E-state index contributed by atoms with van der Waals surface area (Å²) >= 11 is 0. The van der Waals surface area contributed by atoms with Crippen molar-refractivity contribution in [3.63, 3.8) is 0 Å². The second-order valence-corrected chi connectivity index (χ2v) is 6.96. The third-order valence-corrected chi connectivity index (χ3v) is 5.16. The molecule has 5 rings (SSSR count). The molecule has 0 N–H and O–H groups in total. The van der Waals surface area contributed by atoms with Crippen LogP contribution in [-0.2, 0) is 0 Å². The van der Waals surface area contributed by atoms with Gasteiger partial charge in [0.15, 0.2) is 0 Å². The van der Waals surface area contributed by atoms with Gasteiger partial charge in [-0.3, -0.25) is 0 Å². The van der Waals surface area contributed by atoms with E-state index in [1.807, 2.05) is 18.2 Å². The van der Waals surface area contributed by atoms with Gasteiger partial charge in [0, 0.05) is 16.5 Å². The van der Waals surface area contributed by atoms with Crippen molar-refractivity contribution in [3.8, 4) is 17.0 Å². The summed E-state index contributed by atoms with van der Waals surface area (Å²) in [5.41, 5.74) is 9.40. The van der Waals surface area contributed by atoms with Crippen LogP contribution in [0.4, 0.5) is 0 Å². The maximum atomic E-state index is 5.28. The molecule has 1 aliphatic carbocycles. The average Bonchev–Trinajstić information content (AvgIpc) is 2.99. The molecule has 1 aromatic heterocycles. The van der Waals surface area contributed by atoms with E-state index in [1.165, 1.54) is 33.2 Å². The second-order valence-electron chi connectivity index (χ2n) is 6.96. The van der Waals surface area contributed by atoms with Gasteiger partial charge >= 0.3 is 0 Å². The summed E-state index contributed by atoms with van der Waals surface area (Å²) in [5.74, 6) is 0.868. The Morgan fingerprint density at radius 2 is 1.63 bits per heavy atom. The Labute approximate surface area is 158 Å². The number of hydrogen-bond acceptors (Lipinski definition) is 2. The second kappa shape index (κ2) is 6.10. The Kier molecular flexibility index (Phi) is 3.58. The lowest BCUT2D eigenvalue weighted by molar-refractivity contribution is 0.415. The van der Waals surface area contributed by atoms with Crippen molar-refractivity contribution in [1.82, 2.24) is 4.98 Å². The highest BCUT2D eigenvalue weighted by molar-refractivity contribution is 6.07. The molecule has 0 saturated heterocycles. The van der Waals surface area contributed by atoms with Crippen LogP contribution >= 0.6 is 0 Å². The summed E-state index contributed by atoms with van der Waals surface area (Å²) in [4.78, 5) is 5.00. The Bertz CT molecular complexity index is 1200. The number of pyridine rings is 1. The summed E-state index contributed by atoms with van der Waals surface area (Å²) < 4.78 is 5.28. The molecule has 0 bridgehead atoms. The van der Waals surface area contributed by atoms with Crippen molar-refractivity contribution in [2.75, 3.05) is 7.11 Å². The van der Waals surface area contributed by atoms with Crippen molar-refractivity contribution in [2.24, 2.45) is 0 Å². The molecule has 2 heteroatoms. The summed E-state index contributed by atoms with van der Waals surface area (Å²) in [5, 5.41) is 1.17. The first-order valence-corrected chi connectivity index (χ1v) is 9.10. The van der Waals surface area contributed by atoms with Gasteiger partial charge in [0.25, 0.3) is 0 Å². The Morgan fingerprint density at radius 1 is 0.815 bits per heavy atom. The first kappa shape index (κ1) is 15.8. The molecule has 0 unspecified atom stereocenters. The van der Waals surface area contributed by atoms with E-state index in [9.17, 15) is 0 Å². The van der Waals surface area contributed by atoms with E-state index in [4.69, 9.17) is 9.72 Å². The number of ether oxygens (including phenoxy) is 1. The number of aromatic nitrogens is 1. The summed E-state index contributed by atoms with van der Waals surface area (Å²) in [6.07, 6.45) is 2.25. The van der Waals surface area contributed by atoms with Crippen molar-refractivity contribution >= 4 is 22.6 Å². The summed E-state index contributed by atoms with van der Waals surface area (Å²) in [6.45, 7) is 2.13. The molecule has 0 amide bonds. The van der Waals surface area contributed by atoms with Crippen LogP contribution in [0.2, 0.25) is 0 Å². The Morgan fingerprint density at radius 3 is 2.44 bits per heavy atom. The van der Waals surface area contributed by atoms with E-state index in [1.54, 1.807) is 7.11 Å². The molecule has 2 nitrogen and oxygen atoms in total. The highest BCUT2D eigenvalue weighted by Gasteiger charge is 2.25. The first-order valence-electron chi connectivity index (χ1n) is 9.10. The highest BCUT2D eigenvalue weighted by atomic mass is 16.5. The van der Waals surface area contributed by atoms with Crippen LogP contribution in [0, 0.1) is 6.92 Å². The number of benzene rings is 3. The van der Waals surface area contributed by atoms with Gasteiger partial charge in [0.1, 0.15) is 5.75 Å². The van der Waals surface area contributed by atoms with Gasteiger partial charge in [-0.25, -0.2) is 4.98 Å². The van der Waals surface area contributed by atoms with Gasteiger partial charge in [-0.05, 0) is 60.0 Å². The van der Waals surface area contributed by atoms with Gasteiger partial charge in [-0.2, -0.15) is 0 Å². The summed E-state index contributed by atoms with van der Waals surface area (Å²) in [7, 11) is 1.69. The molecule has 1 aliphatic rings. The van der Waals surface area contributed by atoms with Crippen LogP contribution in [0.5, 0.6) is 5.75 Å². The van der Waals surface area contributed by atoms with E-state index in [-0.39, 0.29) is 0 Å². The number of nitrogens with zero attached hydrogens (tertiary/aromatic N) is 1. The third-order valence-electron chi connectivity index (χ3n) is 5.16. The molecule has 27 heavy (non-hydrogen) atoms. The van der Waals surface area contributed by atoms with Crippen molar-refractivity contribution in [3.05, 3.63) is 95.1 Å². The standard InChI is InChI=1S/C25H19NO/c1-16-7-12-20-21(14-17-8-10-19(27-2)11-9-17)23-15-18-5-3-4-6-24(18)26-25(23)22(20)13-16/h3-15H,1-2H3. The SMILES string of the molecule is COc1ccc(C=C2c3ccc(C)cc3-c3nc4ccccc4cc32)cc1. The van der Waals surface area contributed by atoms with E-state index in [0.717, 1.165) is 22.5 Å². The zero-order chi connectivity index (χ0) is 18.4. The molecule has 3 aromatic carbocycles. The van der Waals surface area contributed by atoms with Crippen LogP contribution in [0.25, 0.3) is 33.8 Å². The van der Waals surface area contributed by atoms with Crippen molar-refractivity contribution < 1.29 is 4.74 Å². The molecule has 0 saturated carbocycles. The van der Waals surface area contributed by atoms with Crippen LogP contribution in [0.15, 0.2) is 72.8 Å². The van der Waals surface area contributed by atoms with Crippen molar-refractivity contribution in [1.29, 1.82) is 0 Å². The molecule has 0 spiro atoms. The molecule has 0 aliphatic heterocycles. The smallest absolute Gasteiger partial charge is 0.118 e. The van der Waals surface area contributed by atoms with E-state index >= 15 is 0 Å². The van der Waals surface area contributed by atoms with Gasteiger partial charge in [-0.15, -0.1) is 0 Å². The minimum Gasteiger partial charge on any atom is -0.497 e. The molecular formula is C25H19NO. The van der Waals surface area contributed by atoms with Gasteiger partial charge in [-0.1, -0.05) is 48.0 Å². The lowest BCUT2D eigenvalue weighted by Gasteiger charge is -2.05. The number of para-hydroxylation sites is 1. The lowest BCUT2D eigenvalue weighted by Crippen LogP contribution is -1.87. The zero-order valence-electron chi connectivity index (χ0n) is 15.4. The minimum absolute atomic E-state index is 0.868. The lowest BCUT2D eigenvalue weighted by atomic mass is 10.00. The van der Waals surface area contributed by atoms with Crippen LogP contribution in [0.3, 0.4) is 0 Å².